The first-order valence-corrected chi connectivity index (χ1v) is 6.18. The van der Waals surface area contributed by atoms with Crippen molar-refractivity contribution in [2.45, 2.75) is 12.8 Å². The van der Waals surface area contributed by atoms with Gasteiger partial charge in [-0.3, -0.25) is 4.79 Å². The molecule has 4 heteroatoms. The lowest BCUT2D eigenvalue weighted by Crippen LogP contribution is -2.39. The maximum absolute atomic E-state index is 11.8. The van der Waals surface area contributed by atoms with Gasteiger partial charge in [0.1, 0.15) is 5.75 Å². The first-order valence-electron chi connectivity index (χ1n) is 5.38. The fourth-order valence-electron chi connectivity index (χ4n) is 1.76. The molecule has 1 amide bonds. The minimum Gasteiger partial charge on any atom is -0.482 e. The molecule has 1 heterocycles. The number of unbranched alkanes of at least 4 members (excludes halogenated alkanes) is 1. The lowest BCUT2D eigenvalue weighted by molar-refractivity contribution is -0.121. The second-order valence-electron chi connectivity index (χ2n) is 3.75. The van der Waals surface area contributed by atoms with E-state index in [1.807, 2.05) is 18.2 Å². The zero-order valence-corrected chi connectivity index (χ0v) is 10.9. The average Bonchev–Trinajstić information content (AvgIpc) is 2.32. The van der Waals surface area contributed by atoms with Crippen LogP contribution in [-0.2, 0) is 4.79 Å². The minimum absolute atomic E-state index is 0.0207. The highest BCUT2D eigenvalue weighted by atomic mass is 79.9. The number of halogens is 1. The SMILES string of the molecule is C#CCCCN1C(=O)COc2ccc(Br)cc21. The van der Waals surface area contributed by atoms with Crippen LogP contribution in [-0.4, -0.2) is 19.1 Å². The molecule has 0 saturated carbocycles. The molecule has 1 aromatic rings. The molecule has 0 aliphatic carbocycles. The van der Waals surface area contributed by atoms with E-state index in [-0.39, 0.29) is 12.5 Å². The molecule has 0 atom stereocenters. The summed E-state index contributed by atoms with van der Waals surface area (Å²) in [6.07, 6.45) is 6.69. The predicted octanol–water partition coefficient (Wildman–Crippen LogP) is 2.59. The van der Waals surface area contributed by atoms with Gasteiger partial charge in [-0.05, 0) is 24.6 Å². The number of ether oxygens (including phenoxy) is 1. The van der Waals surface area contributed by atoms with E-state index < -0.39 is 0 Å². The standard InChI is InChI=1S/C13H12BrNO2/c1-2-3-4-7-15-11-8-10(14)5-6-12(11)17-9-13(15)16/h1,5-6,8H,3-4,7,9H2. The van der Waals surface area contributed by atoms with Crippen molar-refractivity contribution in [3.8, 4) is 18.1 Å². The zero-order chi connectivity index (χ0) is 12.3. The van der Waals surface area contributed by atoms with Gasteiger partial charge in [-0.2, -0.15) is 0 Å². The van der Waals surface area contributed by atoms with Crippen molar-refractivity contribution in [2.75, 3.05) is 18.1 Å². The molecular formula is C13H12BrNO2. The molecule has 0 unspecified atom stereocenters. The van der Waals surface area contributed by atoms with Gasteiger partial charge in [0.15, 0.2) is 6.61 Å². The fourth-order valence-corrected chi connectivity index (χ4v) is 2.11. The van der Waals surface area contributed by atoms with Gasteiger partial charge in [0.05, 0.1) is 5.69 Å². The topological polar surface area (TPSA) is 29.5 Å². The largest absolute Gasteiger partial charge is 0.482 e. The van der Waals surface area contributed by atoms with E-state index in [0.29, 0.717) is 13.0 Å². The number of terminal acetylenes is 1. The van der Waals surface area contributed by atoms with Gasteiger partial charge in [0.2, 0.25) is 0 Å². The monoisotopic (exact) mass is 293 g/mol. The summed E-state index contributed by atoms with van der Waals surface area (Å²) in [5.41, 5.74) is 0.813. The number of hydrogen-bond donors (Lipinski definition) is 0. The van der Waals surface area contributed by atoms with Crippen molar-refractivity contribution in [3.05, 3.63) is 22.7 Å². The summed E-state index contributed by atoms with van der Waals surface area (Å²) in [5.74, 6) is 3.30. The van der Waals surface area contributed by atoms with Crippen molar-refractivity contribution in [3.63, 3.8) is 0 Å². The third-order valence-electron chi connectivity index (χ3n) is 2.57. The summed E-state index contributed by atoms with van der Waals surface area (Å²) in [4.78, 5) is 13.5. The second kappa shape index (κ2) is 5.24. The van der Waals surface area contributed by atoms with Crippen molar-refractivity contribution < 1.29 is 9.53 Å². The highest BCUT2D eigenvalue weighted by molar-refractivity contribution is 9.10. The quantitative estimate of drug-likeness (QED) is 0.633. The number of fused-ring (bicyclic) bond motifs is 1. The molecule has 2 rings (SSSR count). The smallest absolute Gasteiger partial charge is 0.265 e. The van der Waals surface area contributed by atoms with Gasteiger partial charge in [0, 0.05) is 17.4 Å². The van der Waals surface area contributed by atoms with E-state index in [9.17, 15) is 4.79 Å². The Morgan fingerprint density at radius 3 is 3.12 bits per heavy atom. The first kappa shape index (κ1) is 12.0. The number of benzene rings is 1. The Labute approximate surface area is 109 Å². The van der Waals surface area contributed by atoms with Gasteiger partial charge in [-0.15, -0.1) is 12.3 Å². The van der Waals surface area contributed by atoms with Gasteiger partial charge >= 0.3 is 0 Å². The Kier molecular flexibility index (Phi) is 3.70. The molecule has 17 heavy (non-hydrogen) atoms. The Balaban J connectivity index is 2.23. The van der Waals surface area contributed by atoms with E-state index in [4.69, 9.17) is 11.2 Å². The van der Waals surface area contributed by atoms with Crippen LogP contribution in [0.1, 0.15) is 12.8 Å². The van der Waals surface area contributed by atoms with Crippen LogP contribution in [0.4, 0.5) is 5.69 Å². The summed E-state index contributed by atoms with van der Waals surface area (Å²) in [7, 11) is 0. The van der Waals surface area contributed by atoms with E-state index in [2.05, 4.69) is 21.9 Å². The van der Waals surface area contributed by atoms with Crippen molar-refractivity contribution >= 4 is 27.5 Å². The van der Waals surface area contributed by atoms with E-state index in [1.165, 1.54) is 0 Å². The van der Waals surface area contributed by atoms with E-state index in [0.717, 1.165) is 22.3 Å². The first-order chi connectivity index (χ1) is 8.22. The number of carbonyl (C=O) groups is 1. The average molecular weight is 294 g/mol. The summed E-state index contributed by atoms with van der Waals surface area (Å²) >= 11 is 3.39. The van der Waals surface area contributed by atoms with E-state index in [1.54, 1.807) is 4.90 Å². The molecule has 0 saturated heterocycles. The Morgan fingerprint density at radius 1 is 1.53 bits per heavy atom. The number of hydrogen-bond acceptors (Lipinski definition) is 2. The maximum atomic E-state index is 11.8. The van der Waals surface area contributed by atoms with Crippen LogP contribution in [0.15, 0.2) is 22.7 Å². The predicted molar refractivity (Wildman–Crippen MR) is 70.1 cm³/mol. The highest BCUT2D eigenvalue weighted by Crippen LogP contribution is 2.34. The molecule has 1 aliphatic heterocycles. The maximum Gasteiger partial charge on any atom is 0.265 e. The molecule has 0 N–H and O–H groups in total. The number of nitrogens with zero attached hydrogens (tertiary/aromatic N) is 1. The van der Waals surface area contributed by atoms with Gasteiger partial charge in [0.25, 0.3) is 5.91 Å². The summed E-state index contributed by atoms with van der Waals surface area (Å²) in [6, 6.07) is 5.65. The molecule has 0 spiro atoms. The van der Waals surface area contributed by atoms with Crippen LogP contribution >= 0.6 is 15.9 Å². The molecule has 3 nitrogen and oxygen atoms in total. The Morgan fingerprint density at radius 2 is 2.35 bits per heavy atom. The lowest BCUT2D eigenvalue weighted by Gasteiger charge is -2.29. The number of carbonyl (C=O) groups excluding carboxylic acids is 1. The van der Waals surface area contributed by atoms with Crippen molar-refractivity contribution in [2.24, 2.45) is 0 Å². The van der Waals surface area contributed by atoms with Crippen molar-refractivity contribution in [1.29, 1.82) is 0 Å². The van der Waals surface area contributed by atoms with Crippen LogP contribution in [0.2, 0.25) is 0 Å². The van der Waals surface area contributed by atoms with E-state index >= 15 is 0 Å². The third-order valence-corrected chi connectivity index (χ3v) is 3.06. The third kappa shape index (κ3) is 2.62. The second-order valence-corrected chi connectivity index (χ2v) is 4.67. The number of anilines is 1. The molecule has 1 aromatic carbocycles. The minimum atomic E-state index is -0.0207. The van der Waals surface area contributed by atoms with Crippen LogP contribution in [0.5, 0.6) is 5.75 Å². The van der Waals surface area contributed by atoms with Crippen LogP contribution in [0.25, 0.3) is 0 Å². The number of rotatable bonds is 3. The van der Waals surface area contributed by atoms with Gasteiger partial charge in [-0.1, -0.05) is 15.9 Å². The summed E-state index contributed by atoms with van der Waals surface area (Å²) in [6.45, 7) is 0.737. The lowest BCUT2D eigenvalue weighted by atomic mass is 10.2. The molecule has 0 aromatic heterocycles. The molecule has 0 bridgehead atoms. The van der Waals surface area contributed by atoms with Gasteiger partial charge < -0.3 is 9.64 Å². The molecule has 88 valence electrons. The normalized spacial score (nSPS) is 13.9. The Bertz CT molecular complexity index is 479. The van der Waals surface area contributed by atoms with Gasteiger partial charge in [-0.25, -0.2) is 0 Å². The Hall–Kier alpha value is -1.47. The van der Waals surface area contributed by atoms with Crippen LogP contribution in [0.3, 0.4) is 0 Å². The van der Waals surface area contributed by atoms with Crippen LogP contribution < -0.4 is 9.64 Å². The fraction of sp³-hybridized carbons (Fsp3) is 0.308. The number of amides is 1. The van der Waals surface area contributed by atoms with Crippen molar-refractivity contribution in [1.82, 2.24) is 0 Å². The summed E-state index contributed by atoms with van der Waals surface area (Å²) in [5, 5.41) is 0. The summed E-state index contributed by atoms with van der Waals surface area (Å²) < 4.78 is 6.30. The highest BCUT2D eigenvalue weighted by Gasteiger charge is 2.24. The molecular weight excluding hydrogens is 282 g/mol. The molecule has 0 radical (unpaired) electrons. The molecule has 0 fully saturated rings. The zero-order valence-electron chi connectivity index (χ0n) is 9.28. The molecule has 1 aliphatic rings. The van der Waals surface area contributed by atoms with Crippen LogP contribution in [0, 0.1) is 12.3 Å².